The van der Waals surface area contributed by atoms with Crippen LogP contribution in [0.3, 0.4) is 0 Å². The molecule has 3 N–H and O–H groups in total. The maximum absolute atomic E-state index is 13.7. The Morgan fingerprint density at radius 2 is 1.91 bits per heavy atom. The molecule has 0 bridgehead atoms. The number of aromatic nitrogens is 7. The molecule has 0 spiro atoms. The molecule has 0 fully saturated rings. The van der Waals surface area contributed by atoms with Gasteiger partial charge in [-0.1, -0.05) is 43.7 Å². The number of amides is 2. The lowest BCUT2D eigenvalue weighted by Crippen LogP contribution is -2.46. The molecule has 0 unspecified atom stereocenters. The average molecular weight is 604 g/mol. The second-order valence-corrected chi connectivity index (χ2v) is 10.7. The number of imidazole rings is 1. The van der Waals surface area contributed by atoms with Crippen molar-refractivity contribution in [2.24, 2.45) is 7.05 Å². The highest BCUT2D eigenvalue weighted by Gasteiger charge is 2.26. The normalized spacial score (nSPS) is 11.5. The van der Waals surface area contributed by atoms with Crippen molar-refractivity contribution in [2.45, 2.75) is 51.6 Å². The fourth-order valence-electron chi connectivity index (χ4n) is 5.15. The number of aromatic amines is 1. The van der Waals surface area contributed by atoms with E-state index in [-0.39, 0.29) is 12.1 Å². The molecule has 45 heavy (non-hydrogen) atoms. The van der Waals surface area contributed by atoms with Gasteiger partial charge in [0, 0.05) is 62.1 Å². The fourth-order valence-corrected chi connectivity index (χ4v) is 5.15. The smallest absolute Gasteiger partial charge is 0.323 e. The summed E-state index contributed by atoms with van der Waals surface area (Å²) in [5.41, 5.74) is 3.75. The van der Waals surface area contributed by atoms with E-state index in [0.29, 0.717) is 41.9 Å². The van der Waals surface area contributed by atoms with Gasteiger partial charge >= 0.3 is 6.03 Å². The molecular weight excluding hydrogens is 566 g/mol. The Morgan fingerprint density at radius 3 is 2.60 bits per heavy atom. The zero-order valence-electron chi connectivity index (χ0n) is 25.5. The first-order valence-corrected chi connectivity index (χ1v) is 15.1. The Morgan fingerprint density at radius 1 is 1.04 bits per heavy atom. The van der Waals surface area contributed by atoms with E-state index in [0.717, 1.165) is 48.8 Å². The predicted molar refractivity (Wildman–Crippen MR) is 173 cm³/mol. The summed E-state index contributed by atoms with van der Waals surface area (Å²) in [6.07, 6.45) is 14.6. The van der Waals surface area contributed by atoms with Crippen LogP contribution in [0.2, 0.25) is 0 Å². The second kappa shape index (κ2) is 15.2. The molecule has 0 aliphatic rings. The third-order valence-electron chi connectivity index (χ3n) is 7.40. The molecule has 0 radical (unpaired) electrons. The number of nitrogens with one attached hydrogen (secondary N) is 3. The van der Waals surface area contributed by atoms with Gasteiger partial charge in [0.25, 0.3) is 0 Å². The number of nitriles is 1. The number of carbonyl (C=O) groups excluding carboxylic acids is 1. The highest BCUT2D eigenvalue weighted by Crippen LogP contribution is 2.25. The second-order valence-electron chi connectivity index (χ2n) is 10.7. The lowest BCUT2D eigenvalue weighted by Gasteiger charge is -2.31. The van der Waals surface area contributed by atoms with Gasteiger partial charge in [0.15, 0.2) is 5.82 Å². The molecule has 5 rings (SSSR count). The van der Waals surface area contributed by atoms with E-state index in [4.69, 9.17) is 4.98 Å². The van der Waals surface area contributed by atoms with Crippen LogP contribution in [-0.4, -0.2) is 53.3 Å². The Labute approximate surface area is 262 Å². The van der Waals surface area contributed by atoms with Gasteiger partial charge in [-0.25, -0.2) is 24.7 Å². The van der Waals surface area contributed by atoms with Crippen LogP contribution in [-0.2, 0) is 13.6 Å². The summed E-state index contributed by atoms with van der Waals surface area (Å²) in [4.78, 5) is 36.3. The predicted octanol–water partition coefficient (Wildman–Crippen LogP) is 5.70. The topological polar surface area (TPSA) is 153 Å². The van der Waals surface area contributed by atoms with Crippen LogP contribution in [0, 0.1) is 11.3 Å². The van der Waals surface area contributed by atoms with Gasteiger partial charge < -0.3 is 15.6 Å². The quantitative estimate of drug-likeness (QED) is 0.137. The molecule has 2 amide bonds. The van der Waals surface area contributed by atoms with Crippen LogP contribution in [0.15, 0.2) is 79.6 Å². The number of carbonyl (C=O) groups is 1. The summed E-state index contributed by atoms with van der Waals surface area (Å²) in [6.45, 7) is 3.20. The molecule has 5 aromatic rings. The van der Waals surface area contributed by atoms with Gasteiger partial charge in [0.05, 0.1) is 18.0 Å². The Bertz CT molecular complexity index is 1690. The summed E-state index contributed by atoms with van der Waals surface area (Å²) in [5.74, 6) is 1.57. The van der Waals surface area contributed by atoms with Crippen molar-refractivity contribution in [3.63, 3.8) is 0 Å². The van der Waals surface area contributed by atoms with Crippen molar-refractivity contribution in [1.82, 2.24) is 40.0 Å². The van der Waals surface area contributed by atoms with E-state index in [1.807, 2.05) is 60.6 Å². The minimum absolute atomic E-state index is 0.0424. The molecule has 4 heterocycles. The first-order valence-electron chi connectivity index (χ1n) is 15.1. The number of pyridine rings is 1. The number of rotatable bonds is 14. The van der Waals surface area contributed by atoms with E-state index in [1.165, 1.54) is 6.20 Å². The molecule has 0 saturated heterocycles. The van der Waals surface area contributed by atoms with Crippen LogP contribution < -0.4 is 15.5 Å². The zero-order chi connectivity index (χ0) is 31.4. The Hall–Kier alpha value is -5.57. The highest BCUT2D eigenvalue weighted by atomic mass is 16.2. The molecule has 230 valence electrons. The minimum Gasteiger partial charge on any atom is -0.354 e. The number of unbranched alkanes of at least 4 members (excludes halogenated alkanes) is 1. The SMILES string of the molecule is CCC[C@H](CCCCNc1ncc(C#N)c(-c2ncc[nH]2)n1)N(C(=O)NCc1ccccc1)c1ccc(-c2cnn(C)c2)cn1. The van der Waals surface area contributed by atoms with Gasteiger partial charge in [-0.2, -0.15) is 10.4 Å². The van der Waals surface area contributed by atoms with Crippen molar-refractivity contribution >= 4 is 17.8 Å². The summed E-state index contributed by atoms with van der Waals surface area (Å²) in [6, 6.07) is 15.7. The van der Waals surface area contributed by atoms with Crippen molar-refractivity contribution in [1.29, 1.82) is 5.26 Å². The third kappa shape index (κ3) is 8.08. The van der Waals surface area contributed by atoms with Crippen molar-refractivity contribution < 1.29 is 4.79 Å². The molecule has 12 nitrogen and oxygen atoms in total. The Balaban J connectivity index is 1.26. The number of H-pyrrole nitrogens is 1. The van der Waals surface area contributed by atoms with Crippen LogP contribution in [0.5, 0.6) is 0 Å². The van der Waals surface area contributed by atoms with E-state index < -0.39 is 0 Å². The molecule has 1 atom stereocenters. The van der Waals surface area contributed by atoms with E-state index in [2.05, 4.69) is 48.7 Å². The highest BCUT2D eigenvalue weighted by molar-refractivity contribution is 5.91. The summed E-state index contributed by atoms with van der Waals surface area (Å²) in [7, 11) is 1.88. The van der Waals surface area contributed by atoms with Gasteiger partial charge in [0.2, 0.25) is 5.95 Å². The molecule has 0 aliphatic carbocycles. The Kier molecular flexibility index (Phi) is 10.5. The molecule has 0 saturated carbocycles. The van der Waals surface area contributed by atoms with Gasteiger partial charge in [0.1, 0.15) is 17.6 Å². The third-order valence-corrected chi connectivity index (χ3v) is 7.40. The number of hydrogen-bond donors (Lipinski definition) is 3. The van der Waals surface area contributed by atoms with E-state index in [1.54, 1.807) is 29.5 Å². The minimum atomic E-state index is -0.173. The zero-order valence-corrected chi connectivity index (χ0v) is 25.5. The van der Waals surface area contributed by atoms with Crippen LogP contribution in [0.25, 0.3) is 22.6 Å². The standard InChI is InChI=1S/C33H37N11O/c1-3-9-28(12-7-8-15-37-32-39-21-26(18-34)30(42-32)31-35-16-17-36-31)44(33(45)40-19-24-10-5-4-6-11-24)29-14-13-25(20-38-29)27-22-41-43(2)23-27/h4-6,10-11,13-14,16-17,20-23,28H,3,7-9,12,15,19H2,1-2H3,(H,35,36)(H,40,45)(H,37,39,42)/t28-/m1/s1. The number of urea groups is 1. The van der Waals surface area contributed by atoms with Crippen LogP contribution >= 0.6 is 0 Å². The van der Waals surface area contributed by atoms with Crippen molar-refractivity contribution in [2.75, 3.05) is 16.8 Å². The van der Waals surface area contributed by atoms with E-state index in [9.17, 15) is 10.1 Å². The maximum Gasteiger partial charge on any atom is 0.323 e. The largest absolute Gasteiger partial charge is 0.354 e. The molecule has 12 heteroatoms. The summed E-state index contributed by atoms with van der Waals surface area (Å²) >= 11 is 0. The number of anilines is 2. The van der Waals surface area contributed by atoms with Crippen molar-refractivity contribution in [3.05, 3.63) is 90.8 Å². The van der Waals surface area contributed by atoms with Crippen molar-refractivity contribution in [3.8, 4) is 28.7 Å². The van der Waals surface area contributed by atoms with Gasteiger partial charge in [-0.3, -0.25) is 9.58 Å². The number of benzene rings is 1. The van der Waals surface area contributed by atoms with E-state index >= 15 is 0 Å². The van der Waals surface area contributed by atoms with Crippen LogP contribution in [0.4, 0.5) is 16.6 Å². The maximum atomic E-state index is 13.7. The first kappa shape index (κ1) is 30.9. The summed E-state index contributed by atoms with van der Waals surface area (Å²) < 4.78 is 1.75. The molecular formula is C33H37N11O. The fraction of sp³-hybridized carbons (Fsp3) is 0.303. The molecule has 4 aromatic heterocycles. The summed E-state index contributed by atoms with van der Waals surface area (Å²) in [5, 5.41) is 20.1. The number of nitrogens with zero attached hydrogens (tertiary/aromatic N) is 8. The first-order chi connectivity index (χ1) is 22.1. The lowest BCUT2D eigenvalue weighted by atomic mass is 10.0. The average Bonchev–Trinajstić information content (AvgIpc) is 3.77. The molecule has 0 aliphatic heterocycles. The van der Waals surface area contributed by atoms with Gasteiger partial charge in [-0.15, -0.1) is 0 Å². The number of aryl methyl sites for hydroxylation is 1. The molecule has 1 aromatic carbocycles. The lowest BCUT2D eigenvalue weighted by molar-refractivity contribution is 0.242. The van der Waals surface area contributed by atoms with Crippen LogP contribution in [0.1, 0.15) is 50.2 Å². The van der Waals surface area contributed by atoms with Gasteiger partial charge in [-0.05, 0) is 43.4 Å². The monoisotopic (exact) mass is 603 g/mol. The number of hydrogen-bond acceptors (Lipinski definition) is 8.